The number of sulfone groups is 1. The van der Waals surface area contributed by atoms with Crippen molar-refractivity contribution in [2.24, 2.45) is 5.92 Å². The van der Waals surface area contributed by atoms with Gasteiger partial charge in [-0.15, -0.1) is 0 Å². The van der Waals surface area contributed by atoms with Crippen LogP contribution >= 0.6 is 0 Å². The highest BCUT2D eigenvalue weighted by atomic mass is 32.2. The molecule has 132 valence electrons. The molecular weight excluding hydrogens is 324 g/mol. The van der Waals surface area contributed by atoms with Gasteiger partial charge in [-0.25, -0.2) is 8.42 Å². The number of anilines is 1. The molecule has 1 aliphatic heterocycles. The minimum absolute atomic E-state index is 0.0631. The molecular formula is C18H26N2O3S. The molecule has 3 rings (SSSR count). The van der Waals surface area contributed by atoms with Crippen LogP contribution in [0.1, 0.15) is 38.5 Å². The van der Waals surface area contributed by atoms with Crippen LogP contribution in [0.5, 0.6) is 0 Å². The fourth-order valence-electron chi connectivity index (χ4n) is 4.11. The fraction of sp³-hybridized carbons (Fsp3) is 0.611. The van der Waals surface area contributed by atoms with Crippen molar-refractivity contribution in [1.29, 1.82) is 0 Å². The zero-order valence-corrected chi connectivity index (χ0v) is 15.0. The largest absolute Gasteiger partial charge is 0.325 e. The number of piperidine rings is 1. The molecule has 5 nitrogen and oxygen atoms in total. The van der Waals surface area contributed by atoms with E-state index in [2.05, 4.69) is 10.2 Å². The number of nitrogens with one attached hydrogen (secondary N) is 1. The lowest BCUT2D eigenvalue weighted by molar-refractivity contribution is -0.118. The molecule has 1 aromatic rings. The molecule has 0 radical (unpaired) electrons. The topological polar surface area (TPSA) is 66.5 Å². The molecule has 2 atom stereocenters. The van der Waals surface area contributed by atoms with Gasteiger partial charge in [-0.05, 0) is 56.3 Å². The van der Waals surface area contributed by atoms with Gasteiger partial charge < -0.3 is 5.32 Å². The Morgan fingerprint density at radius 1 is 1.21 bits per heavy atom. The van der Waals surface area contributed by atoms with Gasteiger partial charge >= 0.3 is 0 Å². The van der Waals surface area contributed by atoms with E-state index < -0.39 is 9.84 Å². The Labute approximate surface area is 144 Å². The maximum atomic E-state index is 12.4. The third-order valence-corrected chi connectivity index (χ3v) is 6.36. The minimum Gasteiger partial charge on any atom is -0.325 e. The van der Waals surface area contributed by atoms with E-state index in [1.807, 2.05) is 0 Å². The summed E-state index contributed by atoms with van der Waals surface area (Å²) in [4.78, 5) is 15.0. The Bertz CT molecular complexity index is 700. The van der Waals surface area contributed by atoms with Crippen molar-refractivity contribution in [3.63, 3.8) is 0 Å². The summed E-state index contributed by atoms with van der Waals surface area (Å²) < 4.78 is 23.2. The second kappa shape index (κ2) is 7.23. The van der Waals surface area contributed by atoms with Crippen LogP contribution in [0.2, 0.25) is 0 Å². The second-order valence-corrected chi connectivity index (χ2v) is 9.09. The average Bonchev–Trinajstić information content (AvgIpc) is 2.54. The van der Waals surface area contributed by atoms with Crippen LogP contribution in [0.4, 0.5) is 5.69 Å². The van der Waals surface area contributed by atoms with Crippen molar-refractivity contribution in [2.75, 3.05) is 24.7 Å². The first kappa shape index (κ1) is 17.4. The molecule has 1 aromatic carbocycles. The van der Waals surface area contributed by atoms with E-state index in [1.165, 1.54) is 44.4 Å². The summed E-state index contributed by atoms with van der Waals surface area (Å²) in [5, 5.41) is 2.85. The van der Waals surface area contributed by atoms with Crippen LogP contribution in [-0.2, 0) is 14.6 Å². The Balaban J connectivity index is 1.63. The van der Waals surface area contributed by atoms with E-state index >= 15 is 0 Å². The van der Waals surface area contributed by atoms with Crippen molar-refractivity contribution in [3.8, 4) is 0 Å². The lowest BCUT2D eigenvalue weighted by atomic mass is 9.78. The van der Waals surface area contributed by atoms with Crippen LogP contribution in [-0.4, -0.2) is 44.6 Å². The molecule has 1 aliphatic carbocycles. The molecule has 1 N–H and O–H groups in total. The van der Waals surface area contributed by atoms with Gasteiger partial charge in [0.25, 0.3) is 0 Å². The summed E-state index contributed by atoms with van der Waals surface area (Å²) in [7, 11) is -3.27. The molecule has 1 amide bonds. The number of amides is 1. The maximum Gasteiger partial charge on any atom is 0.238 e. The molecule has 1 saturated carbocycles. The Kier molecular flexibility index (Phi) is 5.25. The van der Waals surface area contributed by atoms with Gasteiger partial charge in [0.05, 0.1) is 11.4 Å². The van der Waals surface area contributed by atoms with Gasteiger partial charge in [0, 0.05) is 18.0 Å². The highest BCUT2D eigenvalue weighted by molar-refractivity contribution is 7.90. The third kappa shape index (κ3) is 4.16. The summed E-state index contributed by atoms with van der Waals surface area (Å²) >= 11 is 0. The standard InChI is InChI=1S/C18H26N2O3S/c1-24(22,23)16-9-4-8-15(12-16)19-18(21)13-20-11-5-7-14-6-2-3-10-17(14)20/h4,8-9,12,14,17H,2-3,5-7,10-11,13H2,1H3,(H,19,21)/t14-,17-/m0/s1. The number of rotatable bonds is 4. The predicted octanol–water partition coefficient (Wildman–Crippen LogP) is 2.68. The first-order chi connectivity index (χ1) is 11.4. The molecule has 24 heavy (non-hydrogen) atoms. The molecule has 0 spiro atoms. The van der Waals surface area contributed by atoms with Gasteiger partial charge in [0.15, 0.2) is 9.84 Å². The quantitative estimate of drug-likeness (QED) is 0.907. The number of carbonyl (C=O) groups excluding carboxylic acids is 1. The lowest BCUT2D eigenvalue weighted by Gasteiger charge is -2.43. The van der Waals surface area contributed by atoms with E-state index in [1.54, 1.807) is 18.2 Å². The molecule has 6 heteroatoms. The molecule has 0 unspecified atom stereocenters. The second-order valence-electron chi connectivity index (χ2n) is 7.07. The summed E-state index contributed by atoms with van der Waals surface area (Å²) in [6.45, 7) is 1.38. The van der Waals surface area contributed by atoms with Crippen molar-refractivity contribution in [3.05, 3.63) is 24.3 Å². The van der Waals surface area contributed by atoms with Crippen LogP contribution in [0, 0.1) is 5.92 Å². The van der Waals surface area contributed by atoms with E-state index in [0.717, 1.165) is 18.9 Å². The summed E-state index contributed by atoms with van der Waals surface area (Å²) in [6, 6.07) is 6.99. The van der Waals surface area contributed by atoms with Crippen molar-refractivity contribution in [1.82, 2.24) is 4.90 Å². The number of likely N-dealkylation sites (tertiary alicyclic amines) is 1. The van der Waals surface area contributed by atoms with Gasteiger partial charge in [-0.1, -0.05) is 18.9 Å². The minimum atomic E-state index is -3.27. The number of fused-ring (bicyclic) bond motifs is 1. The van der Waals surface area contributed by atoms with Gasteiger partial charge in [-0.2, -0.15) is 0 Å². The monoisotopic (exact) mass is 350 g/mol. The SMILES string of the molecule is CS(=O)(=O)c1cccc(NC(=O)CN2CCC[C@@H]3CCCC[C@@H]32)c1. The zero-order chi connectivity index (χ0) is 17.2. The smallest absolute Gasteiger partial charge is 0.238 e. The van der Waals surface area contributed by atoms with Crippen molar-refractivity contribution < 1.29 is 13.2 Å². The fourth-order valence-corrected chi connectivity index (χ4v) is 4.78. The van der Waals surface area contributed by atoms with Crippen molar-refractivity contribution in [2.45, 2.75) is 49.5 Å². The summed E-state index contributed by atoms with van der Waals surface area (Å²) in [5.74, 6) is 0.681. The van der Waals surface area contributed by atoms with E-state index in [-0.39, 0.29) is 10.8 Å². The Morgan fingerprint density at radius 3 is 2.75 bits per heavy atom. The lowest BCUT2D eigenvalue weighted by Crippen LogP contribution is -2.49. The zero-order valence-electron chi connectivity index (χ0n) is 14.2. The molecule has 0 aromatic heterocycles. The van der Waals surface area contributed by atoms with Crippen molar-refractivity contribution >= 4 is 21.4 Å². The maximum absolute atomic E-state index is 12.4. The number of carbonyl (C=O) groups is 1. The molecule has 0 bridgehead atoms. The predicted molar refractivity (Wildman–Crippen MR) is 94.7 cm³/mol. The van der Waals surface area contributed by atoms with Gasteiger partial charge in [0.2, 0.25) is 5.91 Å². The highest BCUT2D eigenvalue weighted by Crippen LogP contribution is 2.35. The van der Waals surface area contributed by atoms with Gasteiger partial charge in [0.1, 0.15) is 0 Å². The molecule has 1 saturated heterocycles. The summed E-state index contributed by atoms with van der Waals surface area (Å²) in [5.41, 5.74) is 0.542. The average molecular weight is 350 g/mol. The normalized spacial score (nSPS) is 25.0. The molecule has 1 heterocycles. The first-order valence-electron chi connectivity index (χ1n) is 8.77. The highest BCUT2D eigenvalue weighted by Gasteiger charge is 2.33. The van der Waals surface area contributed by atoms with E-state index in [0.29, 0.717) is 18.3 Å². The molecule has 2 fully saturated rings. The number of hydrogen-bond acceptors (Lipinski definition) is 4. The van der Waals surface area contributed by atoms with Crippen LogP contribution in [0.25, 0.3) is 0 Å². The van der Waals surface area contributed by atoms with E-state index in [9.17, 15) is 13.2 Å². The first-order valence-corrected chi connectivity index (χ1v) is 10.7. The van der Waals surface area contributed by atoms with Gasteiger partial charge in [-0.3, -0.25) is 9.69 Å². The molecule has 2 aliphatic rings. The Morgan fingerprint density at radius 2 is 1.96 bits per heavy atom. The Hall–Kier alpha value is -1.40. The summed E-state index contributed by atoms with van der Waals surface area (Å²) in [6.07, 6.45) is 8.69. The number of nitrogens with zero attached hydrogens (tertiary/aromatic N) is 1. The number of hydrogen-bond donors (Lipinski definition) is 1. The van der Waals surface area contributed by atoms with Crippen LogP contribution in [0.15, 0.2) is 29.2 Å². The van der Waals surface area contributed by atoms with Crippen LogP contribution in [0.3, 0.4) is 0 Å². The number of benzene rings is 1. The van der Waals surface area contributed by atoms with Crippen LogP contribution < -0.4 is 5.32 Å². The van der Waals surface area contributed by atoms with E-state index in [4.69, 9.17) is 0 Å². The third-order valence-electron chi connectivity index (χ3n) is 5.25.